The fourth-order valence-corrected chi connectivity index (χ4v) is 3.08. The maximum Gasteiger partial charge on any atom is 0.212 e. The van der Waals surface area contributed by atoms with Crippen LogP contribution < -0.4 is 0 Å². The molecule has 140 valence electrons. The zero-order valence-electron chi connectivity index (χ0n) is 15.8. The Kier molecular flexibility index (Phi) is 5.62. The molecule has 6 heteroatoms. The van der Waals surface area contributed by atoms with Crippen molar-refractivity contribution in [2.24, 2.45) is 4.99 Å². The largest absolute Gasteiger partial charge is 0.369 e. The van der Waals surface area contributed by atoms with E-state index in [4.69, 9.17) is 11.6 Å². The standard InChI is InChI=1S/C22H19ClN4O/c1-15-19(13-24)20(25-14-26(2)3)21(22(28)16-7-5-4-6-8-16)27(15)18-11-9-17(23)10-12-18/h4-12,14H,1-3H3. The first-order chi connectivity index (χ1) is 13.4. The molecule has 0 aliphatic rings. The molecule has 1 aromatic heterocycles. The highest BCUT2D eigenvalue weighted by Crippen LogP contribution is 2.34. The van der Waals surface area contributed by atoms with Crippen LogP contribution in [0.1, 0.15) is 27.3 Å². The number of nitriles is 1. The lowest BCUT2D eigenvalue weighted by molar-refractivity contribution is 0.103. The lowest BCUT2D eigenvalue weighted by Gasteiger charge is -2.12. The van der Waals surface area contributed by atoms with Gasteiger partial charge in [-0.3, -0.25) is 4.79 Å². The summed E-state index contributed by atoms with van der Waals surface area (Å²) in [4.78, 5) is 19.6. The normalized spacial score (nSPS) is 10.8. The average Bonchev–Trinajstić information content (AvgIpc) is 2.98. The lowest BCUT2D eigenvalue weighted by Crippen LogP contribution is -2.11. The minimum absolute atomic E-state index is 0.203. The van der Waals surface area contributed by atoms with E-state index in [1.165, 1.54) is 0 Å². The zero-order valence-corrected chi connectivity index (χ0v) is 16.6. The van der Waals surface area contributed by atoms with Crippen LogP contribution in [0.15, 0.2) is 59.6 Å². The van der Waals surface area contributed by atoms with Crippen molar-refractivity contribution in [2.45, 2.75) is 6.92 Å². The fraction of sp³-hybridized carbons (Fsp3) is 0.136. The third-order valence-electron chi connectivity index (χ3n) is 4.25. The Morgan fingerprint density at radius 3 is 2.36 bits per heavy atom. The molecule has 0 saturated heterocycles. The van der Waals surface area contributed by atoms with Gasteiger partial charge in [-0.2, -0.15) is 5.26 Å². The number of carbonyl (C=O) groups excluding carboxylic acids is 1. The number of aromatic nitrogens is 1. The van der Waals surface area contributed by atoms with Crippen LogP contribution in [0.5, 0.6) is 0 Å². The van der Waals surface area contributed by atoms with E-state index in [1.54, 1.807) is 40.1 Å². The van der Waals surface area contributed by atoms with Crippen molar-refractivity contribution in [2.75, 3.05) is 14.1 Å². The van der Waals surface area contributed by atoms with Crippen molar-refractivity contribution in [1.29, 1.82) is 5.26 Å². The van der Waals surface area contributed by atoms with Gasteiger partial charge < -0.3 is 9.47 Å². The molecule has 2 aromatic carbocycles. The molecule has 0 fully saturated rings. The second-order valence-electron chi connectivity index (χ2n) is 6.48. The van der Waals surface area contributed by atoms with Gasteiger partial charge in [0.15, 0.2) is 0 Å². The Morgan fingerprint density at radius 1 is 1.14 bits per heavy atom. The quantitative estimate of drug-likeness (QED) is 0.358. The van der Waals surface area contributed by atoms with Gasteiger partial charge in [-0.25, -0.2) is 4.99 Å². The predicted molar refractivity (Wildman–Crippen MR) is 112 cm³/mol. The van der Waals surface area contributed by atoms with Crippen LogP contribution in [0.4, 0.5) is 5.69 Å². The average molecular weight is 391 g/mol. The molecule has 0 spiro atoms. The Labute approximate surface area is 169 Å². The van der Waals surface area contributed by atoms with Gasteiger partial charge in [0.05, 0.1) is 11.9 Å². The van der Waals surface area contributed by atoms with Crippen LogP contribution in [0.3, 0.4) is 0 Å². The SMILES string of the molecule is Cc1c(C#N)c(N=CN(C)C)c(C(=O)c2ccccc2)n1-c1ccc(Cl)cc1. The summed E-state index contributed by atoms with van der Waals surface area (Å²) < 4.78 is 1.77. The van der Waals surface area contributed by atoms with Crippen molar-refractivity contribution < 1.29 is 4.79 Å². The van der Waals surface area contributed by atoms with Gasteiger partial charge in [-0.05, 0) is 31.2 Å². The summed E-state index contributed by atoms with van der Waals surface area (Å²) >= 11 is 6.03. The summed E-state index contributed by atoms with van der Waals surface area (Å²) in [5.41, 5.74) is 2.99. The fourth-order valence-electron chi connectivity index (χ4n) is 2.96. The van der Waals surface area contributed by atoms with Crippen molar-refractivity contribution in [3.8, 4) is 11.8 Å². The number of nitrogens with zero attached hydrogens (tertiary/aromatic N) is 4. The highest BCUT2D eigenvalue weighted by atomic mass is 35.5. The van der Waals surface area contributed by atoms with E-state index in [-0.39, 0.29) is 5.78 Å². The molecule has 0 aliphatic heterocycles. The van der Waals surface area contributed by atoms with Gasteiger partial charge in [0.1, 0.15) is 17.5 Å². The summed E-state index contributed by atoms with van der Waals surface area (Å²) in [6.45, 7) is 1.81. The number of rotatable bonds is 5. The van der Waals surface area contributed by atoms with Crippen LogP contribution in [0.25, 0.3) is 5.69 Å². The number of hydrogen-bond acceptors (Lipinski definition) is 3. The van der Waals surface area contributed by atoms with Gasteiger partial charge in [0.2, 0.25) is 5.78 Å². The number of carbonyl (C=O) groups is 1. The molecule has 0 saturated carbocycles. The molecule has 0 N–H and O–H groups in total. The van der Waals surface area contributed by atoms with E-state index in [0.29, 0.717) is 33.2 Å². The molecule has 0 unspecified atom stereocenters. The smallest absolute Gasteiger partial charge is 0.212 e. The molecule has 0 atom stereocenters. The molecule has 28 heavy (non-hydrogen) atoms. The summed E-state index contributed by atoms with van der Waals surface area (Å²) in [5.74, 6) is -0.203. The summed E-state index contributed by atoms with van der Waals surface area (Å²) in [6.07, 6.45) is 1.59. The summed E-state index contributed by atoms with van der Waals surface area (Å²) in [5, 5.41) is 10.4. The summed E-state index contributed by atoms with van der Waals surface area (Å²) in [6, 6.07) is 18.3. The van der Waals surface area contributed by atoms with Crippen LogP contribution >= 0.6 is 11.6 Å². The van der Waals surface area contributed by atoms with Gasteiger partial charge in [0.25, 0.3) is 0 Å². The molecule has 0 bridgehead atoms. The highest BCUT2D eigenvalue weighted by molar-refractivity contribution is 6.30. The van der Waals surface area contributed by atoms with Crippen LogP contribution in [0.2, 0.25) is 5.02 Å². The third-order valence-corrected chi connectivity index (χ3v) is 4.50. The number of halogens is 1. The van der Waals surface area contributed by atoms with Crippen molar-refractivity contribution >= 4 is 29.4 Å². The van der Waals surface area contributed by atoms with E-state index in [1.807, 2.05) is 51.4 Å². The van der Waals surface area contributed by atoms with Crippen LogP contribution in [-0.2, 0) is 0 Å². The first-order valence-electron chi connectivity index (χ1n) is 8.65. The minimum atomic E-state index is -0.203. The second-order valence-corrected chi connectivity index (χ2v) is 6.92. The minimum Gasteiger partial charge on any atom is -0.369 e. The van der Waals surface area contributed by atoms with E-state index >= 15 is 0 Å². The van der Waals surface area contributed by atoms with Crippen molar-refractivity contribution in [3.63, 3.8) is 0 Å². The van der Waals surface area contributed by atoms with E-state index in [9.17, 15) is 10.1 Å². The molecule has 0 aliphatic carbocycles. The first-order valence-corrected chi connectivity index (χ1v) is 9.03. The van der Waals surface area contributed by atoms with Gasteiger partial charge in [0, 0.05) is 36.1 Å². The number of hydrogen-bond donors (Lipinski definition) is 0. The molecular weight excluding hydrogens is 372 g/mol. The van der Waals surface area contributed by atoms with E-state index in [0.717, 1.165) is 5.69 Å². The topological polar surface area (TPSA) is 61.4 Å². The zero-order chi connectivity index (χ0) is 20.3. The van der Waals surface area contributed by atoms with Crippen molar-refractivity contribution in [1.82, 2.24) is 9.47 Å². The van der Waals surface area contributed by atoms with Crippen LogP contribution in [-0.4, -0.2) is 35.7 Å². The van der Waals surface area contributed by atoms with Gasteiger partial charge >= 0.3 is 0 Å². The first kappa shape index (κ1) is 19.4. The molecule has 0 amide bonds. The Morgan fingerprint density at radius 2 is 1.79 bits per heavy atom. The van der Waals surface area contributed by atoms with E-state index < -0.39 is 0 Å². The monoisotopic (exact) mass is 390 g/mol. The molecular formula is C22H19ClN4O. The summed E-state index contributed by atoms with van der Waals surface area (Å²) in [7, 11) is 3.66. The van der Waals surface area contributed by atoms with Gasteiger partial charge in [-0.15, -0.1) is 0 Å². The Hall–Kier alpha value is -3.36. The lowest BCUT2D eigenvalue weighted by atomic mass is 10.1. The molecule has 3 rings (SSSR count). The Bertz CT molecular complexity index is 1070. The molecule has 3 aromatic rings. The maximum atomic E-state index is 13.4. The van der Waals surface area contributed by atoms with E-state index in [2.05, 4.69) is 11.1 Å². The third kappa shape index (κ3) is 3.68. The molecule has 0 radical (unpaired) electrons. The molecule has 1 heterocycles. The number of ketones is 1. The highest BCUT2D eigenvalue weighted by Gasteiger charge is 2.27. The van der Waals surface area contributed by atoms with Crippen LogP contribution in [0, 0.1) is 18.3 Å². The number of benzene rings is 2. The second kappa shape index (κ2) is 8.12. The molecule has 5 nitrogen and oxygen atoms in total. The number of aliphatic imine (C=N–C) groups is 1. The van der Waals surface area contributed by atoms with Crippen molar-refractivity contribution in [3.05, 3.63) is 82.1 Å². The maximum absolute atomic E-state index is 13.4. The van der Waals surface area contributed by atoms with Gasteiger partial charge in [-0.1, -0.05) is 41.9 Å². The predicted octanol–water partition coefficient (Wildman–Crippen LogP) is 4.76. The Balaban J connectivity index is 2.33.